The van der Waals surface area contributed by atoms with Gasteiger partial charge in [-0.25, -0.2) is 0 Å². The van der Waals surface area contributed by atoms with Gasteiger partial charge in [0.25, 0.3) is 0 Å². The van der Waals surface area contributed by atoms with Crippen molar-refractivity contribution < 1.29 is 4.74 Å². The van der Waals surface area contributed by atoms with Gasteiger partial charge in [0.2, 0.25) is 0 Å². The summed E-state index contributed by atoms with van der Waals surface area (Å²) in [5.74, 6) is 0.797. The van der Waals surface area contributed by atoms with Crippen molar-refractivity contribution in [1.29, 1.82) is 0 Å². The van der Waals surface area contributed by atoms with Crippen molar-refractivity contribution in [3.05, 3.63) is 47.4 Å². The van der Waals surface area contributed by atoms with Crippen LogP contribution in [0.5, 0.6) is 0 Å². The van der Waals surface area contributed by atoms with E-state index >= 15 is 0 Å². The lowest BCUT2D eigenvalue weighted by atomic mass is 10.1. The van der Waals surface area contributed by atoms with Crippen LogP contribution in [0.2, 0.25) is 0 Å². The molecule has 0 saturated heterocycles. The Kier molecular flexibility index (Phi) is 3.38. The predicted octanol–water partition coefficient (Wildman–Crippen LogP) is 1.98. The van der Waals surface area contributed by atoms with E-state index in [1.165, 1.54) is 17.3 Å². The molecular formula is C11H15NO. The van der Waals surface area contributed by atoms with Gasteiger partial charge >= 0.3 is 0 Å². The maximum atomic E-state index is 5.38. The smallest absolute Gasteiger partial charge is 0.115 e. The second-order valence-corrected chi connectivity index (χ2v) is 3.00. The van der Waals surface area contributed by atoms with Crippen LogP contribution in [0.4, 0.5) is 0 Å². The lowest BCUT2D eigenvalue weighted by Crippen LogP contribution is -1.96. The summed E-state index contributed by atoms with van der Waals surface area (Å²) in [6.07, 6.45) is 2.26. The van der Waals surface area contributed by atoms with E-state index in [1.54, 1.807) is 7.11 Å². The zero-order valence-electron chi connectivity index (χ0n) is 8.08. The number of ether oxygens (including phenoxy) is 1. The van der Waals surface area contributed by atoms with Crippen LogP contribution in [0.1, 0.15) is 11.1 Å². The highest BCUT2D eigenvalue weighted by atomic mass is 16.5. The summed E-state index contributed by atoms with van der Waals surface area (Å²) in [4.78, 5) is 0. The van der Waals surface area contributed by atoms with Crippen LogP contribution in [0.3, 0.4) is 0 Å². The van der Waals surface area contributed by atoms with Crippen molar-refractivity contribution in [2.24, 2.45) is 5.73 Å². The van der Waals surface area contributed by atoms with Crippen LogP contribution in [-0.2, 0) is 11.2 Å². The van der Waals surface area contributed by atoms with E-state index in [0.717, 1.165) is 12.2 Å². The minimum Gasteiger partial charge on any atom is -0.499 e. The molecule has 0 fully saturated rings. The Morgan fingerprint density at radius 2 is 2.31 bits per heavy atom. The quantitative estimate of drug-likeness (QED) is 0.716. The first-order valence-corrected chi connectivity index (χ1v) is 4.26. The van der Waals surface area contributed by atoms with Gasteiger partial charge in [0.1, 0.15) is 5.76 Å². The molecule has 0 aliphatic rings. The minimum absolute atomic E-state index is 0.759. The molecule has 1 aromatic carbocycles. The number of nitrogens with two attached hydrogens (primary N) is 1. The third-order valence-electron chi connectivity index (χ3n) is 1.91. The molecule has 70 valence electrons. The van der Waals surface area contributed by atoms with Crippen molar-refractivity contribution in [3.8, 4) is 0 Å². The third-order valence-corrected chi connectivity index (χ3v) is 1.91. The van der Waals surface area contributed by atoms with Gasteiger partial charge in [-0.2, -0.15) is 0 Å². The Hall–Kier alpha value is -1.44. The lowest BCUT2D eigenvalue weighted by molar-refractivity contribution is 0.282. The summed E-state index contributed by atoms with van der Waals surface area (Å²) in [5, 5.41) is 0. The minimum atomic E-state index is 0.759. The van der Waals surface area contributed by atoms with E-state index in [9.17, 15) is 0 Å². The number of hydrogen-bond acceptors (Lipinski definition) is 2. The molecular weight excluding hydrogens is 162 g/mol. The fourth-order valence-corrected chi connectivity index (χ4v) is 1.22. The summed E-state index contributed by atoms with van der Waals surface area (Å²) in [7, 11) is 1.63. The van der Waals surface area contributed by atoms with Gasteiger partial charge in [0.15, 0.2) is 0 Å². The van der Waals surface area contributed by atoms with Gasteiger partial charge in [0.05, 0.1) is 7.11 Å². The highest BCUT2D eigenvalue weighted by Crippen LogP contribution is 2.09. The number of hydrogen-bond donors (Lipinski definition) is 1. The van der Waals surface area contributed by atoms with E-state index in [2.05, 4.69) is 25.1 Å². The van der Waals surface area contributed by atoms with Crippen molar-refractivity contribution in [2.75, 3.05) is 7.11 Å². The molecule has 2 nitrogen and oxygen atoms in total. The first-order valence-electron chi connectivity index (χ1n) is 4.26. The number of benzene rings is 1. The Morgan fingerprint density at radius 3 is 2.85 bits per heavy atom. The fraction of sp³-hybridized carbons (Fsp3) is 0.273. The maximum absolute atomic E-state index is 5.38. The van der Waals surface area contributed by atoms with Crippen LogP contribution < -0.4 is 5.73 Å². The Balaban J connectivity index is 2.74. The lowest BCUT2D eigenvalue weighted by Gasteiger charge is -2.05. The molecule has 2 N–H and O–H groups in total. The summed E-state index contributed by atoms with van der Waals surface area (Å²) in [5.41, 5.74) is 7.86. The molecule has 1 aromatic rings. The highest BCUT2D eigenvalue weighted by molar-refractivity contribution is 5.25. The van der Waals surface area contributed by atoms with E-state index in [0.29, 0.717) is 0 Å². The largest absolute Gasteiger partial charge is 0.499 e. The molecule has 0 heterocycles. The van der Waals surface area contributed by atoms with Gasteiger partial charge in [-0.1, -0.05) is 29.8 Å². The molecule has 0 aliphatic heterocycles. The maximum Gasteiger partial charge on any atom is 0.115 e. The number of rotatable bonds is 3. The summed E-state index contributed by atoms with van der Waals surface area (Å²) in [6.45, 7) is 2.07. The van der Waals surface area contributed by atoms with Gasteiger partial charge in [-0.05, 0) is 12.5 Å². The standard InChI is InChI=1S/C11H15NO/c1-9-4-3-5-10(6-9)7-11(8-12)13-2/h3-6,8H,7,12H2,1-2H3/b11-8-. The first kappa shape index (κ1) is 9.65. The second kappa shape index (κ2) is 4.55. The van der Waals surface area contributed by atoms with Gasteiger partial charge < -0.3 is 10.5 Å². The van der Waals surface area contributed by atoms with Crippen LogP contribution in [0.25, 0.3) is 0 Å². The molecule has 0 bridgehead atoms. The molecule has 13 heavy (non-hydrogen) atoms. The highest BCUT2D eigenvalue weighted by Gasteiger charge is 1.98. The number of methoxy groups -OCH3 is 1. The summed E-state index contributed by atoms with van der Waals surface area (Å²) >= 11 is 0. The monoisotopic (exact) mass is 177 g/mol. The fourth-order valence-electron chi connectivity index (χ4n) is 1.22. The zero-order valence-corrected chi connectivity index (χ0v) is 8.08. The van der Waals surface area contributed by atoms with Gasteiger partial charge in [0, 0.05) is 12.6 Å². The van der Waals surface area contributed by atoms with Crippen molar-refractivity contribution >= 4 is 0 Å². The normalized spacial score (nSPS) is 11.4. The SMILES string of the molecule is CO/C(=C\N)Cc1cccc(C)c1. The molecule has 1 rings (SSSR count). The summed E-state index contributed by atoms with van der Waals surface area (Å²) in [6, 6.07) is 8.30. The molecule has 0 radical (unpaired) electrons. The Morgan fingerprint density at radius 1 is 1.54 bits per heavy atom. The molecule has 0 unspecified atom stereocenters. The van der Waals surface area contributed by atoms with Gasteiger partial charge in [-0.3, -0.25) is 0 Å². The van der Waals surface area contributed by atoms with Crippen LogP contribution in [0, 0.1) is 6.92 Å². The molecule has 2 heteroatoms. The molecule has 0 saturated carbocycles. The van der Waals surface area contributed by atoms with Crippen molar-refractivity contribution in [3.63, 3.8) is 0 Å². The number of allylic oxidation sites excluding steroid dienone is 1. The van der Waals surface area contributed by atoms with E-state index in [-0.39, 0.29) is 0 Å². The van der Waals surface area contributed by atoms with E-state index in [4.69, 9.17) is 10.5 Å². The van der Waals surface area contributed by atoms with Crippen molar-refractivity contribution in [2.45, 2.75) is 13.3 Å². The van der Waals surface area contributed by atoms with Crippen LogP contribution in [-0.4, -0.2) is 7.11 Å². The zero-order chi connectivity index (χ0) is 9.68. The van der Waals surface area contributed by atoms with E-state index in [1.807, 2.05) is 6.07 Å². The van der Waals surface area contributed by atoms with Crippen LogP contribution >= 0.6 is 0 Å². The van der Waals surface area contributed by atoms with Crippen molar-refractivity contribution in [1.82, 2.24) is 0 Å². The average Bonchev–Trinajstić information content (AvgIpc) is 2.14. The Bertz CT molecular complexity index is 305. The topological polar surface area (TPSA) is 35.2 Å². The molecule has 0 aliphatic carbocycles. The third kappa shape index (κ3) is 2.82. The van der Waals surface area contributed by atoms with E-state index < -0.39 is 0 Å². The van der Waals surface area contributed by atoms with Gasteiger partial charge in [-0.15, -0.1) is 0 Å². The second-order valence-electron chi connectivity index (χ2n) is 3.00. The molecule has 0 atom stereocenters. The summed E-state index contributed by atoms with van der Waals surface area (Å²) < 4.78 is 5.08. The number of aryl methyl sites for hydroxylation is 1. The van der Waals surface area contributed by atoms with Crippen LogP contribution in [0.15, 0.2) is 36.2 Å². The molecule has 0 aromatic heterocycles. The molecule has 0 amide bonds. The predicted molar refractivity (Wildman–Crippen MR) is 54.2 cm³/mol. The molecule has 0 spiro atoms. The first-order chi connectivity index (χ1) is 6.26. The average molecular weight is 177 g/mol. The Labute approximate surface area is 79.0 Å².